The van der Waals surface area contributed by atoms with Gasteiger partial charge in [0.15, 0.2) is 0 Å². The number of aryl methyl sites for hydroxylation is 1. The van der Waals surface area contributed by atoms with Crippen molar-refractivity contribution < 1.29 is 17.3 Å². The summed E-state index contributed by atoms with van der Waals surface area (Å²) in [4.78, 5) is 2.40. The molecule has 0 radical (unpaired) electrons. The van der Waals surface area contributed by atoms with Crippen molar-refractivity contribution in [2.24, 2.45) is 5.92 Å². The van der Waals surface area contributed by atoms with Crippen molar-refractivity contribution in [3.8, 4) is 5.75 Å². The molecule has 0 amide bonds. The van der Waals surface area contributed by atoms with E-state index in [1.807, 2.05) is 31.2 Å². The van der Waals surface area contributed by atoms with Gasteiger partial charge in [-0.1, -0.05) is 43.7 Å². The van der Waals surface area contributed by atoms with E-state index in [0.29, 0.717) is 12.5 Å². The van der Waals surface area contributed by atoms with E-state index in [2.05, 4.69) is 18.7 Å². The Labute approximate surface area is 155 Å². The molecule has 1 aliphatic heterocycles. The lowest BCUT2D eigenvalue weighted by atomic mass is 10.1. The number of benzene rings is 2. The molecule has 0 N–H and O–H groups in total. The summed E-state index contributed by atoms with van der Waals surface area (Å²) in [5, 5.41) is 0. The number of para-hydroxylation sites is 2. The monoisotopic (exact) mass is 375 g/mol. The number of fused-ring (bicyclic) bond motifs is 1. The van der Waals surface area contributed by atoms with E-state index in [0.717, 1.165) is 23.5 Å². The SMILES string of the molecule is Cc1ccc(S(=O)(=O)OCC2CN(CC(C)C)c3ccccc3O2)cc1. The van der Waals surface area contributed by atoms with Crippen LogP contribution >= 0.6 is 0 Å². The highest BCUT2D eigenvalue weighted by molar-refractivity contribution is 7.86. The molecule has 1 unspecified atom stereocenters. The smallest absolute Gasteiger partial charge is 0.297 e. The molecule has 1 heterocycles. The second-order valence-electron chi connectivity index (χ2n) is 7.06. The van der Waals surface area contributed by atoms with Gasteiger partial charge in [0.1, 0.15) is 18.5 Å². The molecule has 6 heteroatoms. The Morgan fingerprint density at radius 2 is 1.85 bits per heavy atom. The third-order valence-corrected chi connectivity index (χ3v) is 5.52. The number of rotatable bonds is 6. The fourth-order valence-corrected chi connectivity index (χ4v) is 3.95. The molecule has 0 aromatic heterocycles. The van der Waals surface area contributed by atoms with Crippen LogP contribution in [0.2, 0.25) is 0 Å². The first-order valence-corrected chi connectivity index (χ1v) is 10.2. The Morgan fingerprint density at radius 3 is 2.54 bits per heavy atom. The second-order valence-corrected chi connectivity index (χ2v) is 8.67. The van der Waals surface area contributed by atoms with E-state index >= 15 is 0 Å². The van der Waals surface area contributed by atoms with Crippen molar-refractivity contribution in [3.63, 3.8) is 0 Å². The highest BCUT2D eigenvalue weighted by Gasteiger charge is 2.28. The zero-order valence-corrected chi connectivity index (χ0v) is 16.2. The molecular formula is C20H25NO4S. The number of anilines is 1. The van der Waals surface area contributed by atoms with Gasteiger partial charge in [-0.05, 0) is 37.1 Å². The first kappa shape index (κ1) is 18.7. The molecule has 0 aliphatic carbocycles. The summed E-state index contributed by atoms with van der Waals surface area (Å²) < 4.78 is 36.0. The predicted molar refractivity (Wildman–Crippen MR) is 102 cm³/mol. The van der Waals surface area contributed by atoms with Crippen molar-refractivity contribution >= 4 is 15.8 Å². The molecule has 0 bridgehead atoms. The molecule has 2 aromatic rings. The van der Waals surface area contributed by atoms with Crippen LogP contribution in [0.3, 0.4) is 0 Å². The minimum Gasteiger partial charge on any atom is -0.484 e. The lowest BCUT2D eigenvalue weighted by molar-refractivity contribution is 0.127. The lowest BCUT2D eigenvalue weighted by Gasteiger charge is -2.37. The van der Waals surface area contributed by atoms with Crippen LogP contribution in [0.5, 0.6) is 5.75 Å². The molecular weight excluding hydrogens is 350 g/mol. The quantitative estimate of drug-likeness (QED) is 0.722. The van der Waals surface area contributed by atoms with Crippen LogP contribution in [0.15, 0.2) is 53.4 Å². The van der Waals surface area contributed by atoms with Crippen LogP contribution in [0.25, 0.3) is 0 Å². The summed E-state index contributed by atoms with van der Waals surface area (Å²) in [6.07, 6.45) is -0.344. The Hall–Kier alpha value is -2.05. The van der Waals surface area contributed by atoms with Gasteiger partial charge in [-0.3, -0.25) is 4.18 Å². The van der Waals surface area contributed by atoms with Crippen molar-refractivity contribution in [1.82, 2.24) is 0 Å². The highest BCUT2D eigenvalue weighted by Crippen LogP contribution is 2.33. The summed E-state index contributed by atoms with van der Waals surface area (Å²) in [5.41, 5.74) is 2.04. The predicted octanol–water partition coefficient (Wildman–Crippen LogP) is 3.62. The van der Waals surface area contributed by atoms with Gasteiger partial charge in [0.25, 0.3) is 10.1 Å². The van der Waals surface area contributed by atoms with Gasteiger partial charge in [0, 0.05) is 6.54 Å². The molecule has 0 spiro atoms. The molecule has 0 fully saturated rings. The minimum atomic E-state index is -3.79. The summed E-state index contributed by atoms with van der Waals surface area (Å²) in [7, 11) is -3.79. The Morgan fingerprint density at radius 1 is 1.15 bits per heavy atom. The topological polar surface area (TPSA) is 55.8 Å². The maximum absolute atomic E-state index is 12.4. The van der Waals surface area contributed by atoms with Gasteiger partial charge in [0.2, 0.25) is 0 Å². The minimum absolute atomic E-state index is 0.0147. The van der Waals surface area contributed by atoms with Gasteiger partial charge < -0.3 is 9.64 Å². The molecule has 1 aliphatic rings. The average molecular weight is 375 g/mol. The maximum Gasteiger partial charge on any atom is 0.297 e. The summed E-state index contributed by atoms with van der Waals surface area (Å²) in [6, 6.07) is 14.5. The average Bonchev–Trinajstić information content (AvgIpc) is 2.60. The molecule has 1 atom stereocenters. The van der Waals surface area contributed by atoms with E-state index in [1.165, 1.54) is 0 Å². The highest BCUT2D eigenvalue weighted by atomic mass is 32.2. The van der Waals surface area contributed by atoms with E-state index in [-0.39, 0.29) is 17.6 Å². The summed E-state index contributed by atoms with van der Waals surface area (Å²) in [6.45, 7) is 7.68. The number of hydrogen-bond donors (Lipinski definition) is 0. The van der Waals surface area contributed by atoms with Gasteiger partial charge in [0.05, 0.1) is 17.1 Å². The van der Waals surface area contributed by atoms with Crippen LogP contribution in [0.1, 0.15) is 19.4 Å². The van der Waals surface area contributed by atoms with Crippen molar-refractivity contribution in [2.75, 3.05) is 24.6 Å². The Bertz CT molecular complexity index is 846. The van der Waals surface area contributed by atoms with Gasteiger partial charge in [-0.25, -0.2) is 0 Å². The molecule has 2 aromatic carbocycles. The molecule has 140 valence electrons. The molecule has 5 nitrogen and oxygen atoms in total. The normalized spacial score (nSPS) is 17.1. The number of nitrogens with zero attached hydrogens (tertiary/aromatic N) is 1. The first-order chi connectivity index (χ1) is 12.3. The largest absolute Gasteiger partial charge is 0.484 e. The number of hydrogen-bond acceptors (Lipinski definition) is 5. The van der Waals surface area contributed by atoms with Gasteiger partial charge >= 0.3 is 0 Å². The standard InChI is InChI=1S/C20H25NO4S/c1-15(2)12-21-13-17(25-20-7-5-4-6-19(20)21)14-24-26(22,23)18-10-8-16(3)9-11-18/h4-11,15,17H,12-14H2,1-3H3. The Kier molecular flexibility index (Phi) is 5.53. The molecule has 0 saturated heterocycles. The molecule has 3 rings (SSSR count). The summed E-state index contributed by atoms with van der Waals surface area (Å²) in [5.74, 6) is 1.25. The van der Waals surface area contributed by atoms with Crippen LogP contribution in [0, 0.1) is 12.8 Å². The lowest BCUT2D eigenvalue weighted by Crippen LogP contribution is -2.44. The van der Waals surface area contributed by atoms with E-state index < -0.39 is 10.1 Å². The Balaban J connectivity index is 1.71. The maximum atomic E-state index is 12.4. The zero-order valence-electron chi connectivity index (χ0n) is 15.4. The zero-order chi connectivity index (χ0) is 18.7. The van der Waals surface area contributed by atoms with Crippen molar-refractivity contribution in [2.45, 2.75) is 31.8 Å². The third-order valence-electron chi connectivity index (χ3n) is 4.23. The molecule has 0 saturated carbocycles. The van der Waals surface area contributed by atoms with Crippen molar-refractivity contribution in [3.05, 3.63) is 54.1 Å². The van der Waals surface area contributed by atoms with Crippen LogP contribution in [-0.2, 0) is 14.3 Å². The number of ether oxygens (including phenoxy) is 1. The van der Waals surface area contributed by atoms with Crippen molar-refractivity contribution in [1.29, 1.82) is 0 Å². The van der Waals surface area contributed by atoms with Crippen LogP contribution in [0.4, 0.5) is 5.69 Å². The van der Waals surface area contributed by atoms with Crippen LogP contribution < -0.4 is 9.64 Å². The molecule has 26 heavy (non-hydrogen) atoms. The third kappa shape index (κ3) is 4.37. The second kappa shape index (κ2) is 7.68. The first-order valence-electron chi connectivity index (χ1n) is 8.82. The van der Waals surface area contributed by atoms with Gasteiger partial charge in [-0.15, -0.1) is 0 Å². The fourth-order valence-electron chi connectivity index (χ4n) is 3.02. The summed E-state index contributed by atoms with van der Waals surface area (Å²) >= 11 is 0. The van der Waals surface area contributed by atoms with E-state index in [9.17, 15) is 8.42 Å². The van der Waals surface area contributed by atoms with Crippen LogP contribution in [-0.4, -0.2) is 34.2 Å². The van der Waals surface area contributed by atoms with E-state index in [1.54, 1.807) is 24.3 Å². The van der Waals surface area contributed by atoms with Gasteiger partial charge in [-0.2, -0.15) is 8.42 Å². The van der Waals surface area contributed by atoms with E-state index in [4.69, 9.17) is 8.92 Å². The fraction of sp³-hybridized carbons (Fsp3) is 0.400.